The number of alkyl halides is 3. The maximum absolute atomic E-state index is 13.0. The molecule has 0 saturated carbocycles. The lowest BCUT2D eigenvalue weighted by atomic mass is 10.2. The fourth-order valence-corrected chi connectivity index (χ4v) is 3.76. The first kappa shape index (κ1) is 15.0. The molecule has 5 nitrogen and oxygen atoms in total. The molecule has 0 aromatic carbocycles. The minimum absolute atomic E-state index is 0.171. The highest BCUT2D eigenvalue weighted by molar-refractivity contribution is 7.91. The first-order chi connectivity index (χ1) is 9.20. The van der Waals surface area contributed by atoms with Crippen molar-refractivity contribution in [1.29, 1.82) is 0 Å². The Kier molecular flexibility index (Phi) is 3.89. The predicted molar refractivity (Wildman–Crippen MR) is 66.6 cm³/mol. The van der Waals surface area contributed by atoms with Gasteiger partial charge in [-0.25, -0.2) is 8.42 Å². The van der Waals surface area contributed by atoms with E-state index in [-0.39, 0.29) is 9.77 Å². The van der Waals surface area contributed by atoms with E-state index < -0.39 is 22.2 Å². The van der Waals surface area contributed by atoms with Gasteiger partial charge in [-0.3, -0.25) is 4.68 Å². The summed E-state index contributed by atoms with van der Waals surface area (Å²) in [5, 5.41) is 5.10. The average molecular weight is 325 g/mol. The molecule has 2 aromatic heterocycles. The van der Waals surface area contributed by atoms with E-state index in [1.807, 2.05) is 0 Å². The molecule has 1 unspecified atom stereocenters. The van der Waals surface area contributed by atoms with Gasteiger partial charge < -0.3 is 0 Å². The molecule has 0 aliphatic rings. The van der Waals surface area contributed by atoms with Crippen LogP contribution in [0.5, 0.6) is 0 Å². The highest BCUT2D eigenvalue weighted by Crippen LogP contribution is 2.34. The maximum Gasteiger partial charge on any atom is 0.409 e. The van der Waals surface area contributed by atoms with Crippen molar-refractivity contribution < 1.29 is 21.6 Å². The SMILES string of the molecule is Cn1cc(C(NS(=O)(=O)c2cccs2)C(F)(F)F)cn1. The van der Waals surface area contributed by atoms with Crippen LogP contribution in [0.2, 0.25) is 0 Å². The second-order valence-electron chi connectivity index (χ2n) is 3.98. The Bertz CT molecular complexity index is 677. The molecule has 0 fully saturated rings. The number of sulfonamides is 1. The molecule has 2 aromatic rings. The molecule has 110 valence electrons. The van der Waals surface area contributed by atoms with Crippen molar-refractivity contribution in [2.75, 3.05) is 0 Å². The van der Waals surface area contributed by atoms with Crippen LogP contribution >= 0.6 is 11.3 Å². The summed E-state index contributed by atoms with van der Waals surface area (Å²) in [6.07, 6.45) is -2.66. The monoisotopic (exact) mass is 325 g/mol. The molecule has 1 N–H and O–H groups in total. The highest BCUT2D eigenvalue weighted by atomic mass is 32.2. The van der Waals surface area contributed by atoms with Crippen molar-refractivity contribution >= 4 is 21.4 Å². The Labute approximate surface area is 117 Å². The summed E-state index contributed by atoms with van der Waals surface area (Å²) in [5.74, 6) is 0. The largest absolute Gasteiger partial charge is 0.409 e. The summed E-state index contributed by atoms with van der Waals surface area (Å²) in [6, 6.07) is 0.360. The van der Waals surface area contributed by atoms with Crippen LogP contribution in [0, 0.1) is 0 Å². The number of hydrogen-bond acceptors (Lipinski definition) is 4. The Morgan fingerprint density at radius 3 is 2.60 bits per heavy atom. The molecule has 0 bridgehead atoms. The first-order valence-corrected chi connectivity index (χ1v) is 7.67. The number of halogens is 3. The van der Waals surface area contributed by atoms with Gasteiger partial charge in [-0.1, -0.05) is 6.07 Å². The van der Waals surface area contributed by atoms with E-state index in [2.05, 4.69) is 5.10 Å². The number of nitrogens with zero attached hydrogens (tertiary/aromatic N) is 2. The number of aryl methyl sites for hydroxylation is 1. The van der Waals surface area contributed by atoms with E-state index in [0.717, 1.165) is 23.7 Å². The fraction of sp³-hybridized carbons (Fsp3) is 0.300. The van der Waals surface area contributed by atoms with Crippen LogP contribution in [-0.4, -0.2) is 24.4 Å². The standard InChI is InChI=1S/C10H10F3N3O2S2/c1-16-6-7(5-14-16)9(10(11,12)13)15-20(17,18)8-3-2-4-19-8/h2-6,9,15H,1H3. The van der Waals surface area contributed by atoms with Crippen LogP contribution in [0.4, 0.5) is 13.2 Å². The van der Waals surface area contributed by atoms with Crippen molar-refractivity contribution in [3.05, 3.63) is 35.5 Å². The van der Waals surface area contributed by atoms with Gasteiger partial charge in [-0.05, 0) is 11.4 Å². The molecule has 20 heavy (non-hydrogen) atoms. The van der Waals surface area contributed by atoms with Gasteiger partial charge in [-0.2, -0.15) is 23.0 Å². The van der Waals surface area contributed by atoms with Crippen LogP contribution in [0.25, 0.3) is 0 Å². The molecule has 0 aliphatic carbocycles. The van der Waals surface area contributed by atoms with Crippen molar-refractivity contribution in [3.63, 3.8) is 0 Å². The normalized spacial score (nSPS) is 14.4. The number of nitrogens with one attached hydrogen (secondary N) is 1. The van der Waals surface area contributed by atoms with Gasteiger partial charge in [0, 0.05) is 18.8 Å². The molecular formula is C10H10F3N3O2S2. The van der Waals surface area contributed by atoms with E-state index in [1.165, 1.54) is 29.2 Å². The molecule has 0 saturated heterocycles. The zero-order chi connectivity index (χ0) is 15.0. The molecule has 0 aliphatic heterocycles. The third-order valence-corrected chi connectivity index (χ3v) is 5.24. The van der Waals surface area contributed by atoms with Gasteiger partial charge in [0.15, 0.2) is 0 Å². The zero-order valence-corrected chi connectivity index (χ0v) is 11.8. The Hall–Kier alpha value is -1.39. The topological polar surface area (TPSA) is 64.0 Å². The Balaban J connectivity index is 2.35. The van der Waals surface area contributed by atoms with E-state index in [0.29, 0.717) is 0 Å². The van der Waals surface area contributed by atoms with Gasteiger partial charge in [0.25, 0.3) is 10.0 Å². The molecule has 1 atom stereocenters. The molecule has 0 spiro atoms. The molecule has 2 rings (SSSR count). The van der Waals surface area contributed by atoms with Crippen molar-refractivity contribution in [3.8, 4) is 0 Å². The molecule has 2 heterocycles. The molecule has 10 heteroatoms. The summed E-state index contributed by atoms with van der Waals surface area (Å²) in [5.41, 5.74) is -0.264. The minimum atomic E-state index is -4.76. The quantitative estimate of drug-likeness (QED) is 0.936. The van der Waals surface area contributed by atoms with E-state index >= 15 is 0 Å². The van der Waals surface area contributed by atoms with E-state index in [4.69, 9.17) is 0 Å². The number of hydrogen-bond donors (Lipinski definition) is 1. The van der Waals surface area contributed by atoms with Crippen molar-refractivity contribution in [2.45, 2.75) is 16.4 Å². The summed E-state index contributed by atoms with van der Waals surface area (Å²) in [6.45, 7) is 0. The fourth-order valence-electron chi connectivity index (χ4n) is 1.54. The average Bonchev–Trinajstić information content (AvgIpc) is 2.95. The smallest absolute Gasteiger partial charge is 0.275 e. The second-order valence-corrected chi connectivity index (χ2v) is 6.86. The second kappa shape index (κ2) is 5.19. The molecular weight excluding hydrogens is 315 g/mol. The lowest BCUT2D eigenvalue weighted by Gasteiger charge is -2.19. The number of thiophene rings is 1. The minimum Gasteiger partial charge on any atom is -0.275 e. The zero-order valence-electron chi connectivity index (χ0n) is 10.1. The van der Waals surface area contributed by atoms with Crippen LogP contribution < -0.4 is 4.72 Å². The van der Waals surface area contributed by atoms with Crippen LogP contribution in [-0.2, 0) is 17.1 Å². The third-order valence-electron chi connectivity index (χ3n) is 2.42. The first-order valence-electron chi connectivity index (χ1n) is 5.31. The van der Waals surface area contributed by atoms with Crippen LogP contribution in [0.15, 0.2) is 34.1 Å². The number of aromatic nitrogens is 2. The lowest BCUT2D eigenvalue weighted by Crippen LogP contribution is -2.37. The highest BCUT2D eigenvalue weighted by Gasteiger charge is 2.44. The molecule has 0 amide bonds. The van der Waals surface area contributed by atoms with Gasteiger partial charge in [-0.15, -0.1) is 11.3 Å². The third kappa shape index (κ3) is 3.19. The van der Waals surface area contributed by atoms with E-state index in [1.54, 1.807) is 4.72 Å². The summed E-state index contributed by atoms with van der Waals surface area (Å²) < 4.78 is 65.6. The maximum atomic E-state index is 13.0. The van der Waals surface area contributed by atoms with Crippen LogP contribution in [0.1, 0.15) is 11.6 Å². The van der Waals surface area contributed by atoms with Gasteiger partial charge >= 0.3 is 6.18 Å². The molecule has 0 radical (unpaired) electrons. The van der Waals surface area contributed by atoms with Crippen LogP contribution in [0.3, 0.4) is 0 Å². The van der Waals surface area contributed by atoms with Crippen molar-refractivity contribution in [1.82, 2.24) is 14.5 Å². The van der Waals surface area contributed by atoms with Gasteiger partial charge in [0.05, 0.1) is 6.20 Å². The van der Waals surface area contributed by atoms with Gasteiger partial charge in [0.1, 0.15) is 10.3 Å². The summed E-state index contributed by atoms with van der Waals surface area (Å²) >= 11 is 0.844. The predicted octanol–water partition coefficient (Wildman–Crippen LogP) is 2.06. The summed E-state index contributed by atoms with van der Waals surface area (Å²) in [4.78, 5) is 0. The van der Waals surface area contributed by atoms with Crippen molar-refractivity contribution in [2.24, 2.45) is 7.05 Å². The Morgan fingerprint density at radius 1 is 1.45 bits per heavy atom. The summed E-state index contributed by atoms with van der Waals surface area (Å²) in [7, 11) is -2.78. The number of rotatable bonds is 4. The van der Waals surface area contributed by atoms with E-state index in [9.17, 15) is 21.6 Å². The Morgan fingerprint density at radius 2 is 2.15 bits per heavy atom. The lowest BCUT2D eigenvalue weighted by molar-refractivity contribution is -0.153. The van der Waals surface area contributed by atoms with Gasteiger partial charge in [0.2, 0.25) is 0 Å².